The summed E-state index contributed by atoms with van der Waals surface area (Å²) in [4.78, 5) is 0. The van der Waals surface area contributed by atoms with Crippen molar-refractivity contribution in [1.82, 2.24) is 5.32 Å². The van der Waals surface area contributed by atoms with E-state index >= 15 is 0 Å². The highest BCUT2D eigenvalue weighted by Gasteiger charge is 2.28. The van der Waals surface area contributed by atoms with Gasteiger partial charge in [-0.2, -0.15) is 0 Å². The molecule has 0 aromatic heterocycles. The van der Waals surface area contributed by atoms with E-state index in [0.29, 0.717) is 17.5 Å². The van der Waals surface area contributed by atoms with Gasteiger partial charge in [-0.15, -0.1) is 0 Å². The zero-order valence-electron chi connectivity index (χ0n) is 11.5. The normalized spacial score (nSPS) is 23.3. The second-order valence-corrected chi connectivity index (χ2v) is 7.66. The number of nitrogens with one attached hydrogen (secondary N) is 1. The first kappa shape index (κ1) is 14.5. The Balaban J connectivity index is 1.91. The smallest absolute Gasteiger partial charge is 0.150 e. The molecule has 1 aromatic rings. The summed E-state index contributed by atoms with van der Waals surface area (Å²) in [7, 11) is -2.76. The molecule has 106 valence electrons. The predicted molar refractivity (Wildman–Crippen MR) is 78.9 cm³/mol. The molecule has 0 amide bonds. The molecule has 1 fully saturated rings. The van der Waals surface area contributed by atoms with Crippen LogP contribution < -0.4 is 5.32 Å². The largest absolute Gasteiger partial charge is 0.310 e. The Morgan fingerprint density at radius 3 is 2.63 bits per heavy atom. The Morgan fingerprint density at radius 2 is 2.05 bits per heavy atom. The van der Waals surface area contributed by atoms with Gasteiger partial charge >= 0.3 is 0 Å². The molecular weight excluding hydrogens is 258 g/mol. The topological polar surface area (TPSA) is 46.2 Å². The highest BCUT2D eigenvalue weighted by atomic mass is 32.2. The summed E-state index contributed by atoms with van der Waals surface area (Å²) in [5, 5.41) is 3.55. The van der Waals surface area contributed by atoms with Gasteiger partial charge in [0, 0.05) is 6.04 Å². The van der Waals surface area contributed by atoms with Gasteiger partial charge in [0.25, 0.3) is 0 Å². The van der Waals surface area contributed by atoms with Gasteiger partial charge in [0.15, 0.2) is 9.84 Å². The van der Waals surface area contributed by atoms with Crippen LogP contribution in [0.4, 0.5) is 0 Å². The Kier molecular flexibility index (Phi) is 4.99. The van der Waals surface area contributed by atoms with Gasteiger partial charge < -0.3 is 5.32 Å². The molecule has 0 saturated carbocycles. The summed E-state index contributed by atoms with van der Waals surface area (Å²) in [6.45, 7) is 2.98. The van der Waals surface area contributed by atoms with Crippen molar-refractivity contribution in [3.63, 3.8) is 0 Å². The maximum absolute atomic E-state index is 11.5. The van der Waals surface area contributed by atoms with Crippen molar-refractivity contribution in [3.05, 3.63) is 35.9 Å². The van der Waals surface area contributed by atoms with Crippen molar-refractivity contribution in [2.45, 2.75) is 32.2 Å². The molecule has 0 bridgehead atoms. The molecule has 4 heteroatoms. The third-order valence-corrected chi connectivity index (χ3v) is 5.60. The molecule has 0 radical (unpaired) electrons. The van der Waals surface area contributed by atoms with Gasteiger partial charge in [0.05, 0.1) is 11.5 Å². The fourth-order valence-electron chi connectivity index (χ4n) is 2.70. The molecule has 0 spiro atoms. The molecule has 2 rings (SSSR count). The average Bonchev–Trinajstić information content (AvgIpc) is 2.75. The Morgan fingerprint density at radius 1 is 1.32 bits per heavy atom. The number of hydrogen-bond acceptors (Lipinski definition) is 3. The molecule has 1 saturated heterocycles. The SMILES string of the molecule is CCCC(NCC1CCS(=O)(=O)C1)c1ccccc1. The Hall–Kier alpha value is -0.870. The van der Waals surface area contributed by atoms with E-state index in [2.05, 4.69) is 36.5 Å². The summed E-state index contributed by atoms with van der Waals surface area (Å²) >= 11 is 0. The first-order chi connectivity index (χ1) is 9.11. The van der Waals surface area contributed by atoms with Crippen LogP contribution in [0.5, 0.6) is 0 Å². The second kappa shape index (κ2) is 6.53. The zero-order valence-corrected chi connectivity index (χ0v) is 12.3. The fraction of sp³-hybridized carbons (Fsp3) is 0.600. The number of rotatable bonds is 6. The summed E-state index contributed by atoms with van der Waals surface area (Å²) in [6, 6.07) is 10.8. The minimum Gasteiger partial charge on any atom is -0.310 e. The minimum absolute atomic E-state index is 0.285. The van der Waals surface area contributed by atoms with Gasteiger partial charge in [-0.1, -0.05) is 43.7 Å². The van der Waals surface area contributed by atoms with Gasteiger partial charge in [-0.25, -0.2) is 8.42 Å². The summed E-state index contributed by atoms with van der Waals surface area (Å²) in [6.07, 6.45) is 3.02. The van der Waals surface area contributed by atoms with Gasteiger partial charge in [0.2, 0.25) is 0 Å². The van der Waals surface area contributed by atoms with E-state index in [0.717, 1.165) is 25.8 Å². The lowest BCUT2D eigenvalue weighted by Gasteiger charge is -2.20. The molecule has 1 aromatic carbocycles. The maximum atomic E-state index is 11.5. The molecular formula is C15H23NO2S. The molecule has 1 aliphatic heterocycles. The van der Waals surface area contributed by atoms with E-state index in [1.165, 1.54) is 5.56 Å². The van der Waals surface area contributed by atoms with Crippen molar-refractivity contribution in [2.75, 3.05) is 18.1 Å². The monoisotopic (exact) mass is 281 g/mol. The van der Waals surface area contributed by atoms with Crippen LogP contribution in [0.2, 0.25) is 0 Å². The quantitative estimate of drug-likeness (QED) is 0.871. The van der Waals surface area contributed by atoms with Gasteiger partial charge in [0.1, 0.15) is 0 Å². The standard InChI is InChI=1S/C15H23NO2S/c1-2-6-15(14-7-4-3-5-8-14)16-11-13-9-10-19(17,18)12-13/h3-5,7-8,13,15-16H,2,6,9-12H2,1H3. The van der Waals surface area contributed by atoms with E-state index in [-0.39, 0.29) is 5.92 Å². The van der Waals surface area contributed by atoms with Crippen LogP contribution in [0.25, 0.3) is 0 Å². The van der Waals surface area contributed by atoms with Crippen molar-refractivity contribution < 1.29 is 8.42 Å². The van der Waals surface area contributed by atoms with Crippen LogP contribution in [0.15, 0.2) is 30.3 Å². The Bertz CT molecular complexity index is 484. The summed E-state index contributed by atoms with van der Waals surface area (Å²) in [5.74, 6) is 1.00. The maximum Gasteiger partial charge on any atom is 0.150 e. The molecule has 1 aliphatic rings. The summed E-state index contributed by atoms with van der Waals surface area (Å²) < 4.78 is 22.9. The van der Waals surface area contributed by atoms with E-state index in [1.807, 2.05) is 6.07 Å². The van der Waals surface area contributed by atoms with Crippen molar-refractivity contribution >= 4 is 9.84 Å². The molecule has 1 heterocycles. The molecule has 2 atom stereocenters. The highest BCUT2D eigenvalue weighted by Crippen LogP contribution is 2.21. The van der Waals surface area contributed by atoms with E-state index in [1.54, 1.807) is 0 Å². The van der Waals surface area contributed by atoms with Crippen molar-refractivity contribution in [1.29, 1.82) is 0 Å². The van der Waals surface area contributed by atoms with Gasteiger partial charge in [-0.3, -0.25) is 0 Å². The van der Waals surface area contributed by atoms with Crippen LogP contribution in [-0.4, -0.2) is 26.5 Å². The second-order valence-electron chi connectivity index (χ2n) is 5.43. The van der Waals surface area contributed by atoms with Crippen LogP contribution in [0.1, 0.15) is 37.8 Å². The number of hydrogen-bond donors (Lipinski definition) is 1. The third-order valence-electron chi connectivity index (χ3n) is 3.76. The zero-order chi connectivity index (χ0) is 13.7. The first-order valence-corrected chi connectivity index (χ1v) is 8.91. The lowest BCUT2D eigenvalue weighted by atomic mass is 10.0. The molecule has 3 nitrogen and oxygen atoms in total. The van der Waals surface area contributed by atoms with Crippen LogP contribution in [0, 0.1) is 5.92 Å². The first-order valence-electron chi connectivity index (χ1n) is 7.09. The van der Waals surface area contributed by atoms with E-state index < -0.39 is 9.84 Å². The van der Waals surface area contributed by atoms with Crippen LogP contribution in [-0.2, 0) is 9.84 Å². The van der Waals surface area contributed by atoms with E-state index in [9.17, 15) is 8.42 Å². The van der Waals surface area contributed by atoms with Crippen molar-refractivity contribution in [2.24, 2.45) is 5.92 Å². The predicted octanol–water partition coefficient (Wildman–Crippen LogP) is 2.55. The molecule has 19 heavy (non-hydrogen) atoms. The lowest BCUT2D eigenvalue weighted by molar-refractivity contribution is 0.437. The molecule has 0 aliphatic carbocycles. The fourth-order valence-corrected chi connectivity index (χ4v) is 4.56. The average molecular weight is 281 g/mol. The third kappa shape index (κ3) is 4.32. The number of benzene rings is 1. The molecule has 2 unspecified atom stereocenters. The summed E-state index contributed by atoms with van der Waals surface area (Å²) in [5.41, 5.74) is 1.30. The number of sulfone groups is 1. The van der Waals surface area contributed by atoms with Crippen LogP contribution in [0.3, 0.4) is 0 Å². The Labute approximate surface area is 116 Å². The van der Waals surface area contributed by atoms with Crippen LogP contribution >= 0.6 is 0 Å². The van der Waals surface area contributed by atoms with E-state index in [4.69, 9.17) is 0 Å². The van der Waals surface area contributed by atoms with Crippen molar-refractivity contribution in [3.8, 4) is 0 Å². The minimum atomic E-state index is -2.76. The lowest BCUT2D eigenvalue weighted by Crippen LogP contribution is -2.28. The van der Waals surface area contributed by atoms with Gasteiger partial charge in [-0.05, 0) is 30.9 Å². The highest BCUT2D eigenvalue weighted by molar-refractivity contribution is 7.91. The molecule has 1 N–H and O–H groups in total.